The zero-order valence-corrected chi connectivity index (χ0v) is 15.3. The van der Waals surface area contributed by atoms with Crippen molar-refractivity contribution in [2.45, 2.75) is 19.5 Å². The molecule has 0 aliphatic rings. The summed E-state index contributed by atoms with van der Waals surface area (Å²) < 4.78 is 5.00. The van der Waals surface area contributed by atoms with Crippen LogP contribution in [0.2, 0.25) is 0 Å². The molecule has 0 aliphatic carbocycles. The molecule has 0 aliphatic heterocycles. The molecule has 142 valence electrons. The molecule has 0 heterocycles. The van der Waals surface area contributed by atoms with E-state index in [4.69, 9.17) is 4.74 Å². The maximum Gasteiger partial charge on any atom is 0.328 e. The number of carbonyl (C=O) groups is 3. The number of amides is 3. The summed E-state index contributed by atoms with van der Waals surface area (Å²) in [4.78, 5) is 37.4. The normalized spacial score (nSPS) is 11.2. The van der Waals surface area contributed by atoms with Crippen LogP contribution in [-0.4, -0.2) is 42.5 Å². The van der Waals surface area contributed by atoms with Gasteiger partial charge in [0.2, 0.25) is 0 Å². The quantitative estimate of drug-likeness (QED) is 0.734. The number of rotatable bonds is 7. The third kappa shape index (κ3) is 6.81. The average Bonchev–Trinajstić information content (AvgIpc) is 2.67. The zero-order chi connectivity index (χ0) is 19.6. The Morgan fingerprint density at radius 2 is 1.59 bits per heavy atom. The van der Waals surface area contributed by atoms with Crippen molar-refractivity contribution < 1.29 is 19.1 Å². The number of para-hydroxylation sites is 1. The first-order chi connectivity index (χ1) is 13.0. The van der Waals surface area contributed by atoms with Crippen LogP contribution < -0.4 is 10.6 Å². The molecule has 27 heavy (non-hydrogen) atoms. The second-order valence-electron chi connectivity index (χ2n) is 6.03. The number of urea groups is 1. The number of benzene rings is 2. The Labute approximate surface area is 158 Å². The lowest BCUT2D eigenvalue weighted by atomic mass is 10.2. The van der Waals surface area contributed by atoms with Crippen molar-refractivity contribution in [2.24, 2.45) is 0 Å². The molecule has 0 saturated carbocycles. The number of esters is 1. The van der Waals surface area contributed by atoms with E-state index in [9.17, 15) is 14.4 Å². The summed E-state index contributed by atoms with van der Waals surface area (Å²) in [6, 6.07) is 16.9. The number of anilines is 1. The van der Waals surface area contributed by atoms with Crippen molar-refractivity contribution in [1.29, 1.82) is 0 Å². The SMILES string of the molecule is C[C@H](NC(=O)Nc1ccccc1)C(=O)OCC(=O)N(C)Cc1ccccc1. The highest BCUT2D eigenvalue weighted by molar-refractivity contribution is 5.92. The lowest BCUT2D eigenvalue weighted by molar-refractivity contribution is -0.152. The average molecular weight is 369 g/mol. The third-order valence-electron chi connectivity index (χ3n) is 3.76. The molecule has 0 saturated heterocycles. The van der Waals surface area contributed by atoms with Crippen molar-refractivity contribution in [3.8, 4) is 0 Å². The second kappa shape index (κ2) is 9.96. The van der Waals surface area contributed by atoms with E-state index in [0.717, 1.165) is 5.56 Å². The molecule has 2 aromatic rings. The minimum absolute atomic E-state index is 0.326. The number of hydrogen-bond donors (Lipinski definition) is 2. The molecule has 0 bridgehead atoms. The minimum Gasteiger partial charge on any atom is -0.454 e. The number of hydrogen-bond acceptors (Lipinski definition) is 4. The molecule has 2 N–H and O–H groups in total. The van der Waals surface area contributed by atoms with Crippen molar-refractivity contribution in [2.75, 3.05) is 19.0 Å². The van der Waals surface area contributed by atoms with E-state index in [0.29, 0.717) is 12.2 Å². The van der Waals surface area contributed by atoms with E-state index in [1.807, 2.05) is 36.4 Å². The molecule has 0 aromatic heterocycles. The Bertz CT molecular complexity index is 765. The van der Waals surface area contributed by atoms with Gasteiger partial charge in [-0.1, -0.05) is 48.5 Å². The first-order valence-corrected chi connectivity index (χ1v) is 8.53. The van der Waals surface area contributed by atoms with Gasteiger partial charge >= 0.3 is 12.0 Å². The molecular formula is C20H23N3O4. The summed E-state index contributed by atoms with van der Waals surface area (Å²) in [7, 11) is 1.64. The molecule has 2 aromatic carbocycles. The number of ether oxygens (including phenoxy) is 1. The van der Waals surface area contributed by atoms with Crippen LogP contribution in [-0.2, 0) is 20.9 Å². The fourth-order valence-electron chi connectivity index (χ4n) is 2.26. The summed E-state index contributed by atoms with van der Waals surface area (Å²) in [5.74, 6) is -1.01. The Balaban J connectivity index is 1.73. The molecular weight excluding hydrogens is 346 g/mol. The lowest BCUT2D eigenvalue weighted by Gasteiger charge is -2.18. The summed E-state index contributed by atoms with van der Waals surface area (Å²) >= 11 is 0. The van der Waals surface area contributed by atoms with Gasteiger partial charge in [-0.05, 0) is 24.6 Å². The molecule has 0 fully saturated rings. The van der Waals surface area contributed by atoms with Crippen molar-refractivity contribution >= 4 is 23.6 Å². The van der Waals surface area contributed by atoms with Crippen molar-refractivity contribution in [3.05, 3.63) is 66.2 Å². The van der Waals surface area contributed by atoms with Crippen molar-refractivity contribution in [3.63, 3.8) is 0 Å². The Morgan fingerprint density at radius 1 is 1.00 bits per heavy atom. The van der Waals surface area contributed by atoms with E-state index in [2.05, 4.69) is 10.6 Å². The highest BCUT2D eigenvalue weighted by Gasteiger charge is 2.19. The molecule has 7 nitrogen and oxygen atoms in total. The fourth-order valence-corrected chi connectivity index (χ4v) is 2.26. The topological polar surface area (TPSA) is 87.7 Å². The molecule has 1 atom stereocenters. The first-order valence-electron chi connectivity index (χ1n) is 8.53. The lowest BCUT2D eigenvalue weighted by Crippen LogP contribution is -2.43. The number of nitrogens with zero attached hydrogens (tertiary/aromatic N) is 1. The first kappa shape index (κ1) is 20.0. The summed E-state index contributed by atoms with van der Waals surface area (Å²) in [6.45, 7) is 1.53. The molecule has 3 amide bonds. The van der Waals surface area contributed by atoms with Crippen LogP contribution in [0.1, 0.15) is 12.5 Å². The van der Waals surface area contributed by atoms with Crippen molar-refractivity contribution in [1.82, 2.24) is 10.2 Å². The minimum atomic E-state index is -0.888. The van der Waals surface area contributed by atoms with Gasteiger partial charge in [-0.2, -0.15) is 0 Å². The summed E-state index contributed by atoms with van der Waals surface area (Å²) in [6.07, 6.45) is 0. The van der Waals surface area contributed by atoms with Crippen LogP contribution >= 0.6 is 0 Å². The number of nitrogens with one attached hydrogen (secondary N) is 2. The molecule has 0 unspecified atom stereocenters. The van der Waals surface area contributed by atoms with Gasteiger partial charge in [0.15, 0.2) is 6.61 Å². The van der Waals surface area contributed by atoms with E-state index in [1.165, 1.54) is 11.8 Å². The summed E-state index contributed by atoms with van der Waals surface area (Å²) in [5.41, 5.74) is 1.58. The molecule has 0 radical (unpaired) electrons. The van der Waals surface area contributed by atoms with Gasteiger partial charge in [0.05, 0.1) is 0 Å². The predicted octanol–water partition coefficient (Wildman–Crippen LogP) is 2.40. The maximum atomic E-state index is 12.1. The van der Waals surface area contributed by atoms with Crippen LogP contribution in [0.4, 0.5) is 10.5 Å². The van der Waals surface area contributed by atoms with Gasteiger partial charge < -0.3 is 20.3 Å². The van der Waals surface area contributed by atoms with E-state index >= 15 is 0 Å². The van der Waals surface area contributed by atoms with Crippen LogP contribution in [0, 0.1) is 0 Å². The Hall–Kier alpha value is -3.35. The number of likely N-dealkylation sites (N-methyl/N-ethyl adjacent to an activating group) is 1. The van der Waals surface area contributed by atoms with E-state index < -0.39 is 18.0 Å². The third-order valence-corrected chi connectivity index (χ3v) is 3.76. The van der Waals surface area contributed by atoms with Gasteiger partial charge in [0.1, 0.15) is 6.04 Å². The molecule has 0 spiro atoms. The van der Waals surface area contributed by atoms with Gasteiger partial charge in [-0.15, -0.1) is 0 Å². The standard InChI is InChI=1S/C20H23N3O4/c1-15(21-20(26)22-17-11-7-4-8-12-17)19(25)27-14-18(24)23(2)13-16-9-5-3-6-10-16/h3-12,15H,13-14H2,1-2H3,(H2,21,22,26)/t15-/m0/s1. The van der Waals surface area contributed by atoms with Gasteiger partial charge in [-0.25, -0.2) is 9.59 Å². The zero-order valence-electron chi connectivity index (χ0n) is 15.3. The highest BCUT2D eigenvalue weighted by atomic mass is 16.5. The van der Waals surface area contributed by atoms with Crippen LogP contribution in [0.5, 0.6) is 0 Å². The monoisotopic (exact) mass is 369 g/mol. The van der Waals surface area contributed by atoms with Gasteiger partial charge in [-0.3, -0.25) is 4.79 Å². The fraction of sp³-hybridized carbons (Fsp3) is 0.250. The smallest absolute Gasteiger partial charge is 0.328 e. The second-order valence-corrected chi connectivity index (χ2v) is 6.03. The van der Waals surface area contributed by atoms with Crippen LogP contribution in [0.3, 0.4) is 0 Å². The van der Waals surface area contributed by atoms with Crippen LogP contribution in [0.25, 0.3) is 0 Å². The van der Waals surface area contributed by atoms with E-state index in [-0.39, 0.29) is 12.5 Å². The summed E-state index contributed by atoms with van der Waals surface area (Å²) in [5, 5.41) is 5.08. The Morgan fingerprint density at radius 3 is 2.22 bits per heavy atom. The molecule has 2 rings (SSSR count). The van der Waals surface area contributed by atoms with E-state index in [1.54, 1.807) is 31.3 Å². The molecule has 7 heteroatoms. The largest absolute Gasteiger partial charge is 0.454 e. The van der Waals surface area contributed by atoms with Crippen LogP contribution in [0.15, 0.2) is 60.7 Å². The highest BCUT2D eigenvalue weighted by Crippen LogP contribution is 2.05. The maximum absolute atomic E-state index is 12.1. The van der Waals surface area contributed by atoms with Gasteiger partial charge in [0, 0.05) is 19.3 Å². The number of carbonyl (C=O) groups excluding carboxylic acids is 3. The predicted molar refractivity (Wildman–Crippen MR) is 102 cm³/mol. The Kier molecular flexibility index (Phi) is 7.37. The van der Waals surface area contributed by atoms with Gasteiger partial charge in [0.25, 0.3) is 5.91 Å².